The minimum Gasteiger partial charge on any atom is -0.497 e. The molecule has 1 saturated heterocycles. The maximum absolute atomic E-state index is 12.3. The summed E-state index contributed by atoms with van der Waals surface area (Å²) in [6.45, 7) is 6.12. The van der Waals surface area contributed by atoms with Gasteiger partial charge in [-0.15, -0.1) is 0 Å². The van der Waals surface area contributed by atoms with E-state index in [1.807, 2.05) is 25.1 Å². The Kier molecular flexibility index (Phi) is 7.89. The zero-order valence-corrected chi connectivity index (χ0v) is 14.9. The van der Waals surface area contributed by atoms with E-state index < -0.39 is 6.10 Å². The Bertz CT molecular complexity index is 501. The Labute approximate surface area is 145 Å². The lowest BCUT2D eigenvalue weighted by molar-refractivity contribution is -0.128. The number of methoxy groups -OCH3 is 1. The normalized spacial score (nSPS) is 16.4. The van der Waals surface area contributed by atoms with Gasteiger partial charge in [-0.3, -0.25) is 4.79 Å². The van der Waals surface area contributed by atoms with Gasteiger partial charge in [-0.2, -0.15) is 0 Å². The van der Waals surface area contributed by atoms with Crippen LogP contribution >= 0.6 is 0 Å². The first kappa shape index (κ1) is 18.6. The highest BCUT2D eigenvalue weighted by Gasteiger charge is 2.18. The molecule has 5 nitrogen and oxygen atoms in total. The molecule has 0 spiro atoms. The van der Waals surface area contributed by atoms with Gasteiger partial charge in [0.15, 0.2) is 6.10 Å². The molecule has 1 aliphatic heterocycles. The standard InChI is InChI=1S/C19H30N2O3/c1-3-18(24-17-10-7-9-16(15-17)23-2)19(22)20-11-8-14-21-12-5-4-6-13-21/h7,9-10,15,18H,3-6,8,11-14H2,1-2H3,(H,20,22)/t18-/m1/s1. The van der Waals surface area contributed by atoms with E-state index in [9.17, 15) is 4.79 Å². The first-order valence-electron chi connectivity index (χ1n) is 9.03. The highest BCUT2D eigenvalue weighted by Crippen LogP contribution is 2.20. The maximum Gasteiger partial charge on any atom is 0.261 e. The Morgan fingerprint density at radius 3 is 2.71 bits per heavy atom. The van der Waals surface area contributed by atoms with Gasteiger partial charge in [0, 0.05) is 12.6 Å². The fourth-order valence-electron chi connectivity index (χ4n) is 2.97. The van der Waals surface area contributed by atoms with Crippen molar-refractivity contribution in [3.8, 4) is 11.5 Å². The van der Waals surface area contributed by atoms with Gasteiger partial charge >= 0.3 is 0 Å². The van der Waals surface area contributed by atoms with E-state index in [-0.39, 0.29) is 5.91 Å². The van der Waals surface area contributed by atoms with Gasteiger partial charge in [0.25, 0.3) is 5.91 Å². The van der Waals surface area contributed by atoms with Crippen LogP contribution in [0.5, 0.6) is 11.5 Å². The van der Waals surface area contributed by atoms with Crippen molar-refractivity contribution in [2.24, 2.45) is 0 Å². The molecule has 2 rings (SSSR count). The number of nitrogens with zero attached hydrogens (tertiary/aromatic N) is 1. The summed E-state index contributed by atoms with van der Waals surface area (Å²) in [5, 5.41) is 3.00. The molecule has 1 aliphatic rings. The van der Waals surface area contributed by atoms with Crippen LogP contribution in [0, 0.1) is 0 Å². The third kappa shape index (κ3) is 6.04. The molecule has 0 aliphatic carbocycles. The molecule has 0 saturated carbocycles. The van der Waals surface area contributed by atoms with Crippen molar-refractivity contribution in [2.75, 3.05) is 33.3 Å². The average molecular weight is 334 g/mol. The van der Waals surface area contributed by atoms with Gasteiger partial charge in [-0.1, -0.05) is 19.4 Å². The highest BCUT2D eigenvalue weighted by molar-refractivity contribution is 5.81. The molecule has 24 heavy (non-hydrogen) atoms. The number of hydrogen-bond donors (Lipinski definition) is 1. The molecule has 134 valence electrons. The van der Waals surface area contributed by atoms with Crippen molar-refractivity contribution < 1.29 is 14.3 Å². The Morgan fingerprint density at radius 1 is 1.25 bits per heavy atom. The number of amides is 1. The van der Waals surface area contributed by atoms with Crippen molar-refractivity contribution in [3.05, 3.63) is 24.3 Å². The summed E-state index contributed by atoms with van der Waals surface area (Å²) in [5.41, 5.74) is 0. The number of piperidine rings is 1. The van der Waals surface area contributed by atoms with Crippen LogP contribution in [-0.4, -0.2) is 50.2 Å². The van der Waals surface area contributed by atoms with Gasteiger partial charge in [0.05, 0.1) is 7.11 Å². The average Bonchev–Trinajstić information content (AvgIpc) is 2.64. The quantitative estimate of drug-likeness (QED) is 0.706. The number of nitrogens with one attached hydrogen (secondary N) is 1. The number of carbonyl (C=O) groups is 1. The topological polar surface area (TPSA) is 50.8 Å². The van der Waals surface area contributed by atoms with Crippen LogP contribution in [0.15, 0.2) is 24.3 Å². The molecule has 1 atom stereocenters. The predicted octanol–water partition coefficient (Wildman–Crippen LogP) is 2.84. The van der Waals surface area contributed by atoms with Crippen molar-refractivity contribution in [3.63, 3.8) is 0 Å². The summed E-state index contributed by atoms with van der Waals surface area (Å²) in [5.74, 6) is 1.34. The van der Waals surface area contributed by atoms with Crippen LogP contribution < -0.4 is 14.8 Å². The Balaban J connectivity index is 1.72. The molecule has 0 aromatic heterocycles. The van der Waals surface area contributed by atoms with Crippen molar-refractivity contribution >= 4 is 5.91 Å². The molecule has 0 unspecified atom stereocenters. The minimum atomic E-state index is -0.466. The van der Waals surface area contributed by atoms with E-state index >= 15 is 0 Å². The lowest BCUT2D eigenvalue weighted by atomic mass is 10.1. The van der Waals surface area contributed by atoms with Gasteiger partial charge in [-0.05, 0) is 57.5 Å². The lowest BCUT2D eigenvalue weighted by Crippen LogP contribution is -2.39. The van der Waals surface area contributed by atoms with E-state index in [1.54, 1.807) is 13.2 Å². The molecule has 0 radical (unpaired) electrons. The summed E-state index contributed by atoms with van der Waals surface area (Å²) in [7, 11) is 1.62. The van der Waals surface area contributed by atoms with Gasteiger partial charge in [0.2, 0.25) is 0 Å². The van der Waals surface area contributed by atoms with Crippen LogP contribution in [0.2, 0.25) is 0 Å². The summed E-state index contributed by atoms with van der Waals surface area (Å²) in [6, 6.07) is 7.35. The number of ether oxygens (including phenoxy) is 2. The zero-order chi connectivity index (χ0) is 17.2. The molecule has 0 bridgehead atoms. The molecular weight excluding hydrogens is 304 g/mol. The minimum absolute atomic E-state index is 0.0426. The second kappa shape index (κ2) is 10.2. The summed E-state index contributed by atoms with van der Waals surface area (Å²) < 4.78 is 11.0. The van der Waals surface area contributed by atoms with Crippen LogP contribution in [0.25, 0.3) is 0 Å². The van der Waals surface area contributed by atoms with Gasteiger partial charge < -0.3 is 19.7 Å². The molecule has 1 aromatic rings. The number of rotatable bonds is 9. The van der Waals surface area contributed by atoms with Crippen LogP contribution in [0.1, 0.15) is 39.0 Å². The van der Waals surface area contributed by atoms with Crippen LogP contribution in [-0.2, 0) is 4.79 Å². The zero-order valence-electron chi connectivity index (χ0n) is 14.9. The fourth-order valence-corrected chi connectivity index (χ4v) is 2.97. The van der Waals surface area contributed by atoms with Crippen LogP contribution in [0.4, 0.5) is 0 Å². The number of hydrogen-bond acceptors (Lipinski definition) is 4. The Hall–Kier alpha value is -1.75. The molecule has 1 amide bonds. The molecule has 1 fully saturated rings. The lowest BCUT2D eigenvalue weighted by Gasteiger charge is -2.26. The summed E-state index contributed by atoms with van der Waals surface area (Å²) >= 11 is 0. The van der Waals surface area contributed by atoms with Crippen molar-refractivity contribution in [2.45, 2.75) is 45.1 Å². The number of likely N-dealkylation sites (tertiary alicyclic amines) is 1. The highest BCUT2D eigenvalue weighted by atomic mass is 16.5. The third-order valence-electron chi connectivity index (χ3n) is 4.38. The smallest absolute Gasteiger partial charge is 0.261 e. The fraction of sp³-hybridized carbons (Fsp3) is 0.632. The SMILES string of the molecule is CC[C@@H](Oc1cccc(OC)c1)C(=O)NCCCN1CCCCC1. The first-order chi connectivity index (χ1) is 11.7. The molecule has 5 heteroatoms. The van der Waals surface area contributed by atoms with E-state index in [1.165, 1.54) is 32.4 Å². The molecule has 1 N–H and O–H groups in total. The molecular formula is C19H30N2O3. The van der Waals surface area contributed by atoms with E-state index in [0.717, 1.165) is 18.7 Å². The van der Waals surface area contributed by atoms with E-state index in [4.69, 9.17) is 9.47 Å². The number of benzene rings is 1. The second-order valence-corrected chi connectivity index (χ2v) is 6.24. The Morgan fingerprint density at radius 2 is 2.00 bits per heavy atom. The van der Waals surface area contributed by atoms with E-state index in [0.29, 0.717) is 18.7 Å². The molecule has 1 heterocycles. The van der Waals surface area contributed by atoms with Crippen molar-refractivity contribution in [1.82, 2.24) is 10.2 Å². The first-order valence-corrected chi connectivity index (χ1v) is 9.03. The van der Waals surface area contributed by atoms with Crippen LogP contribution in [0.3, 0.4) is 0 Å². The van der Waals surface area contributed by atoms with E-state index in [2.05, 4.69) is 10.2 Å². The van der Waals surface area contributed by atoms with Gasteiger partial charge in [0.1, 0.15) is 11.5 Å². The number of carbonyl (C=O) groups excluding carboxylic acids is 1. The summed E-state index contributed by atoms with van der Waals surface area (Å²) in [6.07, 6.45) is 5.12. The second-order valence-electron chi connectivity index (χ2n) is 6.24. The predicted molar refractivity (Wildman–Crippen MR) is 95.6 cm³/mol. The largest absolute Gasteiger partial charge is 0.497 e. The third-order valence-corrected chi connectivity index (χ3v) is 4.38. The molecule has 1 aromatic carbocycles. The van der Waals surface area contributed by atoms with Crippen molar-refractivity contribution in [1.29, 1.82) is 0 Å². The maximum atomic E-state index is 12.3. The summed E-state index contributed by atoms with van der Waals surface area (Å²) in [4.78, 5) is 14.8. The van der Waals surface area contributed by atoms with Gasteiger partial charge in [-0.25, -0.2) is 0 Å². The monoisotopic (exact) mass is 334 g/mol.